The van der Waals surface area contributed by atoms with Crippen molar-refractivity contribution in [2.75, 3.05) is 0 Å². The SMILES string of the molecule is CCC(C)(C)NS(=O)(=O)c1cc(CO)cs1. The van der Waals surface area contributed by atoms with E-state index in [1.54, 1.807) is 5.38 Å². The van der Waals surface area contributed by atoms with Crippen molar-refractivity contribution in [2.45, 2.75) is 43.5 Å². The van der Waals surface area contributed by atoms with Gasteiger partial charge in [0.25, 0.3) is 10.0 Å². The molecule has 0 aliphatic carbocycles. The predicted octanol–water partition coefficient (Wildman–Crippen LogP) is 1.71. The first kappa shape index (κ1) is 13.6. The zero-order valence-electron chi connectivity index (χ0n) is 9.65. The fourth-order valence-corrected chi connectivity index (χ4v) is 3.75. The molecule has 0 aliphatic heterocycles. The summed E-state index contributed by atoms with van der Waals surface area (Å²) >= 11 is 1.12. The van der Waals surface area contributed by atoms with Gasteiger partial charge in [0, 0.05) is 5.54 Å². The van der Waals surface area contributed by atoms with Crippen LogP contribution in [0.2, 0.25) is 0 Å². The lowest BCUT2D eigenvalue weighted by molar-refractivity contribution is 0.282. The third-order valence-corrected chi connectivity index (χ3v) is 5.56. The Labute approximate surface area is 100 Å². The quantitative estimate of drug-likeness (QED) is 0.850. The molecule has 0 aromatic carbocycles. The van der Waals surface area contributed by atoms with Gasteiger partial charge in [-0.3, -0.25) is 0 Å². The molecule has 1 aromatic heterocycles. The van der Waals surface area contributed by atoms with Gasteiger partial charge >= 0.3 is 0 Å². The monoisotopic (exact) mass is 263 g/mol. The summed E-state index contributed by atoms with van der Waals surface area (Å²) in [5.41, 5.74) is 0.169. The molecule has 0 bridgehead atoms. The highest BCUT2D eigenvalue weighted by molar-refractivity contribution is 7.91. The van der Waals surface area contributed by atoms with E-state index in [0.717, 1.165) is 11.3 Å². The molecule has 92 valence electrons. The summed E-state index contributed by atoms with van der Waals surface area (Å²) in [5.74, 6) is 0. The van der Waals surface area contributed by atoms with Crippen LogP contribution in [0.15, 0.2) is 15.7 Å². The van der Waals surface area contributed by atoms with Gasteiger partial charge in [-0.2, -0.15) is 0 Å². The van der Waals surface area contributed by atoms with Gasteiger partial charge < -0.3 is 5.11 Å². The molecular weight excluding hydrogens is 246 g/mol. The molecule has 1 rings (SSSR count). The normalized spacial score (nSPS) is 13.0. The molecule has 1 aromatic rings. The minimum Gasteiger partial charge on any atom is -0.392 e. The maximum absolute atomic E-state index is 12.0. The summed E-state index contributed by atoms with van der Waals surface area (Å²) < 4.78 is 26.8. The van der Waals surface area contributed by atoms with Crippen LogP contribution in [0.25, 0.3) is 0 Å². The van der Waals surface area contributed by atoms with Crippen molar-refractivity contribution in [3.63, 3.8) is 0 Å². The summed E-state index contributed by atoms with van der Waals surface area (Å²) in [6.45, 7) is 5.47. The number of thiophene rings is 1. The molecule has 1 heterocycles. The topological polar surface area (TPSA) is 66.4 Å². The first-order chi connectivity index (χ1) is 7.30. The van der Waals surface area contributed by atoms with Crippen molar-refractivity contribution in [2.24, 2.45) is 0 Å². The Morgan fingerprint density at radius 3 is 2.56 bits per heavy atom. The van der Waals surface area contributed by atoms with Crippen LogP contribution in [0, 0.1) is 0 Å². The average Bonchev–Trinajstić information content (AvgIpc) is 2.65. The second-order valence-electron chi connectivity index (χ2n) is 4.28. The second-order valence-corrected chi connectivity index (χ2v) is 7.10. The van der Waals surface area contributed by atoms with E-state index in [4.69, 9.17) is 5.11 Å². The van der Waals surface area contributed by atoms with Crippen LogP contribution in [-0.4, -0.2) is 19.1 Å². The highest BCUT2D eigenvalue weighted by Crippen LogP contribution is 2.22. The highest BCUT2D eigenvalue weighted by atomic mass is 32.2. The third kappa shape index (κ3) is 3.28. The number of nitrogens with one attached hydrogen (secondary N) is 1. The van der Waals surface area contributed by atoms with Gasteiger partial charge in [-0.25, -0.2) is 13.1 Å². The summed E-state index contributed by atoms with van der Waals surface area (Å²) in [5, 5.41) is 10.5. The number of hydrogen-bond donors (Lipinski definition) is 2. The van der Waals surface area contributed by atoms with Crippen molar-refractivity contribution >= 4 is 21.4 Å². The van der Waals surface area contributed by atoms with Crippen molar-refractivity contribution in [1.82, 2.24) is 4.72 Å². The van der Waals surface area contributed by atoms with Crippen molar-refractivity contribution in [3.05, 3.63) is 17.0 Å². The maximum Gasteiger partial charge on any atom is 0.250 e. The Balaban J connectivity index is 2.94. The molecular formula is C10H17NO3S2. The Kier molecular flexibility index (Phi) is 4.12. The van der Waals surface area contributed by atoms with Gasteiger partial charge in [0.1, 0.15) is 4.21 Å². The van der Waals surface area contributed by atoms with E-state index >= 15 is 0 Å². The maximum atomic E-state index is 12.0. The molecule has 0 saturated heterocycles. The van der Waals surface area contributed by atoms with E-state index in [1.807, 2.05) is 20.8 Å². The van der Waals surface area contributed by atoms with E-state index in [9.17, 15) is 8.42 Å². The lowest BCUT2D eigenvalue weighted by Crippen LogP contribution is -2.42. The molecule has 0 radical (unpaired) electrons. The lowest BCUT2D eigenvalue weighted by Gasteiger charge is -2.23. The minimum atomic E-state index is -3.46. The Hall–Kier alpha value is -0.430. The molecule has 0 atom stereocenters. The summed E-state index contributed by atoms with van der Waals surface area (Å²) in [7, 11) is -3.46. The third-order valence-electron chi connectivity index (χ3n) is 2.37. The first-order valence-corrected chi connectivity index (χ1v) is 7.39. The lowest BCUT2D eigenvalue weighted by atomic mass is 10.0. The number of sulfonamides is 1. The first-order valence-electron chi connectivity index (χ1n) is 5.03. The number of rotatable bonds is 5. The van der Waals surface area contributed by atoms with Crippen LogP contribution in [0.3, 0.4) is 0 Å². The van der Waals surface area contributed by atoms with E-state index in [0.29, 0.717) is 12.0 Å². The minimum absolute atomic E-state index is 0.136. The van der Waals surface area contributed by atoms with E-state index in [1.165, 1.54) is 6.07 Å². The van der Waals surface area contributed by atoms with E-state index < -0.39 is 15.6 Å². The van der Waals surface area contributed by atoms with Gasteiger partial charge in [0.05, 0.1) is 6.61 Å². The Morgan fingerprint density at radius 1 is 1.50 bits per heavy atom. The Bertz CT molecular complexity index is 448. The number of hydrogen-bond acceptors (Lipinski definition) is 4. The number of aliphatic hydroxyl groups is 1. The molecule has 16 heavy (non-hydrogen) atoms. The van der Waals surface area contributed by atoms with Crippen molar-refractivity contribution in [1.29, 1.82) is 0 Å². The molecule has 0 spiro atoms. The van der Waals surface area contributed by atoms with Crippen LogP contribution in [0.5, 0.6) is 0 Å². The van der Waals surface area contributed by atoms with Crippen LogP contribution in [0.4, 0.5) is 0 Å². The zero-order valence-corrected chi connectivity index (χ0v) is 11.3. The summed E-state index contributed by atoms with van der Waals surface area (Å²) in [6.07, 6.45) is 0.713. The number of aliphatic hydroxyl groups excluding tert-OH is 1. The fraction of sp³-hybridized carbons (Fsp3) is 0.600. The molecule has 6 heteroatoms. The van der Waals surface area contributed by atoms with E-state index in [2.05, 4.69) is 4.72 Å². The molecule has 0 saturated carbocycles. The molecule has 2 N–H and O–H groups in total. The molecule has 0 unspecified atom stereocenters. The van der Waals surface area contributed by atoms with E-state index in [-0.39, 0.29) is 10.8 Å². The Morgan fingerprint density at radius 2 is 2.12 bits per heavy atom. The van der Waals surface area contributed by atoms with Crippen LogP contribution < -0.4 is 4.72 Å². The molecule has 0 fully saturated rings. The smallest absolute Gasteiger partial charge is 0.250 e. The largest absolute Gasteiger partial charge is 0.392 e. The van der Waals surface area contributed by atoms with Gasteiger partial charge in [0.2, 0.25) is 0 Å². The predicted molar refractivity (Wildman–Crippen MR) is 64.9 cm³/mol. The average molecular weight is 263 g/mol. The van der Waals surface area contributed by atoms with Crippen molar-refractivity contribution < 1.29 is 13.5 Å². The molecule has 0 amide bonds. The van der Waals surface area contributed by atoms with Gasteiger partial charge in [0.15, 0.2) is 0 Å². The van der Waals surface area contributed by atoms with Crippen LogP contribution >= 0.6 is 11.3 Å². The molecule has 4 nitrogen and oxygen atoms in total. The van der Waals surface area contributed by atoms with Crippen molar-refractivity contribution in [3.8, 4) is 0 Å². The van der Waals surface area contributed by atoms with Gasteiger partial charge in [-0.1, -0.05) is 6.92 Å². The molecule has 0 aliphatic rings. The summed E-state index contributed by atoms with van der Waals surface area (Å²) in [6, 6.07) is 1.50. The van der Waals surface area contributed by atoms with Gasteiger partial charge in [-0.05, 0) is 37.3 Å². The standard InChI is InChI=1S/C10H17NO3S2/c1-4-10(2,3)11-16(13,14)9-5-8(6-12)7-15-9/h5,7,11-12H,4,6H2,1-3H3. The summed E-state index contributed by atoms with van der Waals surface area (Å²) in [4.78, 5) is 0. The van der Waals surface area contributed by atoms with Crippen LogP contribution in [0.1, 0.15) is 32.8 Å². The second kappa shape index (κ2) is 4.83. The fourth-order valence-electron chi connectivity index (χ4n) is 1.06. The highest BCUT2D eigenvalue weighted by Gasteiger charge is 2.25. The van der Waals surface area contributed by atoms with Crippen LogP contribution in [-0.2, 0) is 16.6 Å². The van der Waals surface area contributed by atoms with Gasteiger partial charge in [-0.15, -0.1) is 11.3 Å². The zero-order chi connectivity index (χ0) is 12.4.